The molecule has 6 heteroatoms. The highest BCUT2D eigenvalue weighted by Crippen LogP contribution is 2.28. The lowest BCUT2D eigenvalue weighted by Crippen LogP contribution is -2.09. The molecule has 3 N–H and O–H groups in total. The molecule has 0 saturated heterocycles. The Labute approximate surface area is 123 Å². The van der Waals surface area contributed by atoms with Gasteiger partial charge in [0, 0.05) is 16.2 Å². The van der Waals surface area contributed by atoms with E-state index in [4.69, 9.17) is 29.6 Å². The average Bonchev–Trinajstić information content (AvgIpc) is 2.34. The number of aromatic nitrogens is 1. The molecule has 0 saturated carbocycles. The van der Waals surface area contributed by atoms with E-state index in [0.717, 1.165) is 15.7 Å². The van der Waals surface area contributed by atoms with Crippen LogP contribution in [0.1, 0.15) is 5.56 Å². The maximum atomic E-state index is 6.09. The summed E-state index contributed by atoms with van der Waals surface area (Å²) in [4.78, 5) is 4.52. The van der Waals surface area contributed by atoms with Crippen LogP contribution in [0, 0.1) is 0 Å². The number of hydrogen-bond acceptors (Lipinski definition) is 3. The largest absolute Gasteiger partial charge is 0.389 e. The smallest absolute Gasteiger partial charge is 0.131 e. The number of rotatable bonds is 3. The number of thiocarbonyl (C=S) groups is 1. The number of hydrogen-bond donors (Lipinski definition) is 2. The van der Waals surface area contributed by atoms with Crippen molar-refractivity contribution in [2.45, 2.75) is 0 Å². The summed E-state index contributed by atoms with van der Waals surface area (Å²) in [5.41, 5.74) is 7.09. The first-order valence-electron chi connectivity index (χ1n) is 5.04. The molecule has 0 bridgehead atoms. The van der Waals surface area contributed by atoms with Crippen LogP contribution in [-0.4, -0.2) is 9.97 Å². The molecule has 92 valence electrons. The summed E-state index contributed by atoms with van der Waals surface area (Å²) < 4.78 is 0.930. The fourth-order valence-corrected chi connectivity index (χ4v) is 2.04. The maximum Gasteiger partial charge on any atom is 0.131 e. The molecule has 0 atom stereocenters. The number of benzene rings is 1. The predicted molar refractivity (Wildman–Crippen MR) is 82.6 cm³/mol. The van der Waals surface area contributed by atoms with E-state index < -0.39 is 0 Å². The summed E-state index contributed by atoms with van der Waals surface area (Å²) in [6.45, 7) is 0. The zero-order valence-corrected chi connectivity index (χ0v) is 12.3. The molecule has 18 heavy (non-hydrogen) atoms. The highest BCUT2D eigenvalue weighted by Gasteiger charge is 2.04. The van der Waals surface area contributed by atoms with Crippen molar-refractivity contribution in [2.75, 3.05) is 5.32 Å². The van der Waals surface area contributed by atoms with Crippen molar-refractivity contribution in [1.82, 2.24) is 4.98 Å². The van der Waals surface area contributed by atoms with Gasteiger partial charge < -0.3 is 11.1 Å². The second-order valence-electron chi connectivity index (χ2n) is 3.54. The molecule has 1 heterocycles. The van der Waals surface area contributed by atoms with Gasteiger partial charge in [0.1, 0.15) is 10.8 Å². The Kier molecular flexibility index (Phi) is 4.16. The van der Waals surface area contributed by atoms with Gasteiger partial charge in [-0.25, -0.2) is 4.98 Å². The molecule has 0 aliphatic carbocycles. The van der Waals surface area contributed by atoms with Gasteiger partial charge in [0.2, 0.25) is 0 Å². The Hall–Kier alpha value is -1.17. The minimum atomic E-state index is 0.334. The molecule has 3 nitrogen and oxygen atoms in total. The Balaban J connectivity index is 2.31. The van der Waals surface area contributed by atoms with Gasteiger partial charge in [-0.3, -0.25) is 0 Å². The summed E-state index contributed by atoms with van der Waals surface area (Å²) in [5, 5.41) is 3.73. The number of anilines is 2. The van der Waals surface area contributed by atoms with Crippen molar-refractivity contribution in [3.8, 4) is 0 Å². The van der Waals surface area contributed by atoms with Crippen molar-refractivity contribution >= 4 is 56.2 Å². The van der Waals surface area contributed by atoms with Crippen LogP contribution in [0.5, 0.6) is 0 Å². The zero-order chi connectivity index (χ0) is 13.1. The van der Waals surface area contributed by atoms with E-state index in [1.807, 2.05) is 12.1 Å². The molecule has 2 rings (SSSR count). The van der Waals surface area contributed by atoms with Gasteiger partial charge in [0.15, 0.2) is 0 Å². The van der Waals surface area contributed by atoms with E-state index in [-0.39, 0.29) is 0 Å². The number of pyridine rings is 1. The lowest BCUT2D eigenvalue weighted by Gasteiger charge is -2.09. The topological polar surface area (TPSA) is 50.9 Å². The van der Waals surface area contributed by atoms with Crippen LogP contribution in [0.25, 0.3) is 0 Å². The lowest BCUT2D eigenvalue weighted by atomic mass is 10.2. The van der Waals surface area contributed by atoms with Crippen molar-refractivity contribution in [2.24, 2.45) is 5.73 Å². The Morgan fingerprint density at radius 2 is 2.11 bits per heavy atom. The van der Waals surface area contributed by atoms with Crippen LogP contribution >= 0.6 is 39.7 Å². The summed E-state index contributed by atoms with van der Waals surface area (Å²) in [6.07, 6.45) is 1.64. The van der Waals surface area contributed by atoms with Crippen LogP contribution in [0.2, 0.25) is 5.02 Å². The predicted octanol–water partition coefficient (Wildman–Crippen LogP) is 3.88. The Morgan fingerprint density at radius 3 is 2.83 bits per heavy atom. The van der Waals surface area contributed by atoms with Gasteiger partial charge in [-0.2, -0.15) is 0 Å². The average molecular weight is 343 g/mol. The van der Waals surface area contributed by atoms with Gasteiger partial charge >= 0.3 is 0 Å². The molecule has 0 spiro atoms. The normalized spacial score (nSPS) is 10.1. The van der Waals surface area contributed by atoms with Crippen LogP contribution < -0.4 is 11.1 Å². The number of halogens is 2. The quantitative estimate of drug-likeness (QED) is 0.831. The van der Waals surface area contributed by atoms with E-state index >= 15 is 0 Å². The highest BCUT2D eigenvalue weighted by molar-refractivity contribution is 9.10. The number of nitrogens with zero attached hydrogens (tertiary/aromatic N) is 1. The molecule has 0 radical (unpaired) electrons. The monoisotopic (exact) mass is 341 g/mol. The van der Waals surface area contributed by atoms with Gasteiger partial charge in [-0.1, -0.05) is 39.7 Å². The first-order chi connectivity index (χ1) is 8.56. The maximum absolute atomic E-state index is 6.09. The molecular formula is C12H9BrClN3S. The van der Waals surface area contributed by atoms with Crippen LogP contribution in [0.3, 0.4) is 0 Å². The van der Waals surface area contributed by atoms with Crippen molar-refractivity contribution < 1.29 is 0 Å². The molecule has 0 fully saturated rings. The molecular weight excluding hydrogens is 334 g/mol. The van der Waals surface area contributed by atoms with Gasteiger partial charge in [-0.05, 0) is 30.3 Å². The minimum absolute atomic E-state index is 0.334. The van der Waals surface area contributed by atoms with Gasteiger partial charge in [0.25, 0.3) is 0 Å². The molecule has 0 unspecified atom stereocenters. The third-order valence-electron chi connectivity index (χ3n) is 2.24. The minimum Gasteiger partial charge on any atom is -0.389 e. The second-order valence-corrected chi connectivity index (χ2v) is 5.31. The summed E-state index contributed by atoms with van der Waals surface area (Å²) in [7, 11) is 0. The van der Waals surface area contributed by atoms with E-state index in [9.17, 15) is 0 Å². The highest BCUT2D eigenvalue weighted by atomic mass is 79.9. The zero-order valence-electron chi connectivity index (χ0n) is 9.15. The van der Waals surface area contributed by atoms with Crippen molar-refractivity contribution in [1.29, 1.82) is 0 Å². The fraction of sp³-hybridized carbons (Fsp3) is 0. The molecule has 0 aliphatic heterocycles. The molecule has 1 aromatic heterocycles. The Morgan fingerprint density at radius 1 is 1.33 bits per heavy atom. The fourth-order valence-electron chi connectivity index (χ4n) is 1.38. The van der Waals surface area contributed by atoms with Gasteiger partial charge in [0.05, 0.1) is 10.7 Å². The van der Waals surface area contributed by atoms with E-state index in [0.29, 0.717) is 15.8 Å². The van der Waals surface area contributed by atoms with Crippen LogP contribution in [-0.2, 0) is 0 Å². The SMILES string of the molecule is NC(=S)c1ccnc(Nc2cc(Br)ccc2Cl)c1. The number of nitrogens with two attached hydrogens (primary N) is 1. The lowest BCUT2D eigenvalue weighted by molar-refractivity contribution is 1.30. The van der Waals surface area contributed by atoms with E-state index in [2.05, 4.69) is 26.2 Å². The molecule has 2 aromatic rings. The summed E-state index contributed by atoms with van der Waals surface area (Å²) in [5.74, 6) is 0.639. The summed E-state index contributed by atoms with van der Waals surface area (Å²) in [6, 6.07) is 9.07. The van der Waals surface area contributed by atoms with Crippen molar-refractivity contribution in [3.05, 3.63) is 51.6 Å². The molecule has 1 aromatic carbocycles. The first kappa shape index (κ1) is 13.3. The molecule has 0 amide bonds. The Bertz CT molecular complexity index is 604. The van der Waals surface area contributed by atoms with Gasteiger partial charge in [-0.15, -0.1) is 0 Å². The first-order valence-corrected chi connectivity index (χ1v) is 6.62. The third-order valence-corrected chi connectivity index (χ3v) is 3.29. The third kappa shape index (κ3) is 3.19. The standard InChI is InChI=1S/C12H9BrClN3S/c13-8-1-2-9(14)10(6-8)17-11-5-7(12(15)18)3-4-16-11/h1-6H,(H2,15,18)(H,16,17). The molecule has 0 aliphatic rings. The van der Waals surface area contributed by atoms with E-state index in [1.54, 1.807) is 24.4 Å². The second kappa shape index (κ2) is 5.65. The van der Waals surface area contributed by atoms with Crippen LogP contribution in [0.15, 0.2) is 41.0 Å². The number of nitrogens with one attached hydrogen (secondary N) is 1. The summed E-state index contributed by atoms with van der Waals surface area (Å²) >= 11 is 14.4. The van der Waals surface area contributed by atoms with Crippen LogP contribution in [0.4, 0.5) is 11.5 Å². The van der Waals surface area contributed by atoms with E-state index in [1.165, 1.54) is 0 Å². The van der Waals surface area contributed by atoms with Crippen molar-refractivity contribution in [3.63, 3.8) is 0 Å².